The van der Waals surface area contributed by atoms with Gasteiger partial charge < -0.3 is 53.9 Å². The van der Waals surface area contributed by atoms with Crippen molar-refractivity contribution in [2.24, 2.45) is 0 Å². The zero-order valence-corrected chi connectivity index (χ0v) is 41.2. The Morgan fingerprint density at radius 3 is 1.23 bits per heavy atom. The molecule has 0 aromatic rings. The second-order valence-electron chi connectivity index (χ2n) is 15.9. The SMILES string of the molecule is CCCCCCCCCCCCCCCC(=O)O[C@H](COC(=O)CCCCCCCCCCCS)COP(=O)(O)OC1C(O)[C@H](OP(=O)(O)O)C(OP(=O)(O)O)[C@H](OP(=O)(O)O)[C@@H]1O. The first-order valence-electron chi connectivity index (χ1n) is 22.2. The number of phosphoric acid groups is 4. The smallest absolute Gasteiger partial charge is 0.462 e. The topological polar surface area (TPSA) is 349 Å². The molecule has 9 N–H and O–H groups in total. The van der Waals surface area contributed by atoms with Gasteiger partial charge in [0.25, 0.3) is 0 Å². The van der Waals surface area contributed by atoms with Gasteiger partial charge in [0.1, 0.15) is 43.2 Å². The fraction of sp³-hybridized carbons (Fsp3) is 0.946. The maximum Gasteiger partial charge on any atom is 0.472 e. The first-order valence-corrected chi connectivity index (χ1v) is 28.9. The van der Waals surface area contributed by atoms with E-state index in [2.05, 4.69) is 33.1 Å². The van der Waals surface area contributed by atoms with Gasteiger partial charge in [-0.3, -0.25) is 32.2 Å². The van der Waals surface area contributed by atoms with Crippen LogP contribution in [0.4, 0.5) is 0 Å². The van der Waals surface area contributed by atoms with E-state index in [1.165, 1.54) is 44.9 Å². The predicted octanol–water partition coefficient (Wildman–Crippen LogP) is 6.42. The Bertz CT molecular complexity index is 1440. The van der Waals surface area contributed by atoms with Gasteiger partial charge in [0.15, 0.2) is 6.10 Å². The average Bonchev–Trinajstić information content (AvgIpc) is 3.18. The fourth-order valence-corrected chi connectivity index (χ4v) is 9.88. The Kier molecular flexibility index (Phi) is 32.0. The predicted molar refractivity (Wildman–Crippen MR) is 235 cm³/mol. The van der Waals surface area contributed by atoms with Crippen molar-refractivity contribution in [3.8, 4) is 0 Å². The van der Waals surface area contributed by atoms with Gasteiger partial charge in [-0.2, -0.15) is 12.6 Å². The molecule has 0 aliphatic heterocycles. The molecular formula is C37H74O22P4S. The second-order valence-corrected chi connectivity index (χ2v) is 21.4. The number of esters is 2. The van der Waals surface area contributed by atoms with E-state index in [4.69, 9.17) is 18.5 Å². The Labute approximate surface area is 381 Å². The molecule has 0 spiro atoms. The van der Waals surface area contributed by atoms with Crippen molar-refractivity contribution in [3.05, 3.63) is 0 Å². The number of ether oxygens (including phenoxy) is 2. The number of thiol groups is 1. The molecule has 64 heavy (non-hydrogen) atoms. The van der Waals surface area contributed by atoms with Gasteiger partial charge in [-0.1, -0.05) is 129 Å². The molecule has 0 heterocycles. The van der Waals surface area contributed by atoms with Gasteiger partial charge >= 0.3 is 43.2 Å². The van der Waals surface area contributed by atoms with E-state index in [1.807, 2.05) is 0 Å². The summed E-state index contributed by atoms with van der Waals surface area (Å²) in [6.07, 6.45) is 4.79. The van der Waals surface area contributed by atoms with Gasteiger partial charge in [-0.25, -0.2) is 18.3 Å². The number of aliphatic hydroxyl groups is 2. The van der Waals surface area contributed by atoms with Gasteiger partial charge in [0, 0.05) is 12.8 Å². The summed E-state index contributed by atoms with van der Waals surface area (Å²) < 4.78 is 81.8. The highest BCUT2D eigenvalue weighted by molar-refractivity contribution is 7.80. The van der Waals surface area contributed by atoms with Crippen molar-refractivity contribution in [1.29, 1.82) is 0 Å². The van der Waals surface area contributed by atoms with Crippen molar-refractivity contribution in [2.75, 3.05) is 19.0 Å². The largest absolute Gasteiger partial charge is 0.472 e. The minimum Gasteiger partial charge on any atom is -0.462 e. The van der Waals surface area contributed by atoms with E-state index in [1.54, 1.807) is 0 Å². The van der Waals surface area contributed by atoms with Crippen LogP contribution in [0.25, 0.3) is 0 Å². The lowest BCUT2D eigenvalue weighted by Gasteiger charge is -2.45. The first kappa shape index (κ1) is 61.7. The van der Waals surface area contributed by atoms with E-state index in [-0.39, 0.29) is 12.8 Å². The molecule has 1 aliphatic carbocycles. The fourth-order valence-electron chi connectivity index (χ4n) is 7.00. The molecule has 0 aromatic heterocycles. The van der Waals surface area contributed by atoms with Gasteiger partial charge in [-0.05, 0) is 25.0 Å². The van der Waals surface area contributed by atoms with Gasteiger partial charge in [0.05, 0.1) is 6.61 Å². The summed E-state index contributed by atoms with van der Waals surface area (Å²) in [4.78, 5) is 92.5. The van der Waals surface area contributed by atoms with Crippen LogP contribution >= 0.6 is 43.9 Å². The summed E-state index contributed by atoms with van der Waals surface area (Å²) in [5, 5.41) is 21.8. The van der Waals surface area contributed by atoms with Crippen molar-refractivity contribution < 1.29 is 104 Å². The van der Waals surface area contributed by atoms with Crippen LogP contribution < -0.4 is 0 Å². The first-order chi connectivity index (χ1) is 30.0. The van der Waals surface area contributed by atoms with Crippen molar-refractivity contribution in [2.45, 2.75) is 204 Å². The highest BCUT2D eigenvalue weighted by atomic mass is 32.1. The summed E-state index contributed by atoms with van der Waals surface area (Å²) in [5.41, 5.74) is 0. The lowest BCUT2D eigenvalue weighted by Crippen LogP contribution is -2.65. The molecule has 0 amide bonds. The molecule has 1 fully saturated rings. The zero-order chi connectivity index (χ0) is 48.2. The maximum atomic E-state index is 13.2. The summed E-state index contributed by atoms with van der Waals surface area (Å²) in [6, 6.07) is 0. The molecule has 0 radical (unpaired) electrons. The van der Waals surface area contributed by atoms with Crippen LogP contribution in [0.15, 0.2) is 0 Å². The third-order valence-corrected chi connectivity index (χ3v) is 13.1. The monoisotopic (exact) mass is 1030 g/mol. The second kappa shape index (κ2) is 33.2. The number of carbonyl (C=O) groups excluding carboxylic acids is 2. The normalized spacial score (nSPS) is 22.2. The van der Waals surface area contributed by atoms with Crippen LogP contribution in [-0.4, -0.2) is 118 Å². The third-order valence-electron chi connectivity index (χ3n) is 10.2. The van der Waals surface area contributed by atoms with E-state index in [0.29, 0.717) is 12.8 Å². The molecule has 22 nitrogen and oxygen atoms in total. The van der Waals surface area contributed by atoms with Crippen molar-refractivity contribution in [3.63, 3.8) is 0 Å². The Hall–Kier alpha value is -0.350. The Balaban J connectivity index is 2.96. The molecule has 0 bridgehead atoms. The molecule has 0 aromatic carbocycles. The number of carbonyl (C=O) groups is 2. The van der Waals surface area contributed by atoms with Crippen LogP contribution in [-0.2, 0) is 59.9 Å². The Morgan fingerprint density at radius 2 is 0.844 bits per heavy atom. The van der Waals surface area contributed by atoms with Crippen LogP contribution in [0.5, 0.6) is 0 Å². The molecule has 8 atom stereocenters. The van der Waals surface area contributed by atoms with Gasteiger partial charge in [0.2, 0.25) is 0 Å². The van der Waals surface area contributed by atoms with Crippen LogP contribution in [0.1, 0.15) is 161 Å². The van der Waals surface area contributed by atoms with Crippen molar-refractivity contribution in [1.82, 2.24) is 0 Å². The molecule has 1 aliphatic rings. The number of rotatable bonds is 39. The molecule has 1 saturated carbocycles. The molecule has 27 heteroatoms. The van der Waals surface area contributed by atoms with E-state index >= 15 is 0 Å². The lowest BCUT2D eigenvalue weighted by atomic mass is 9.85. The van der Waals surface area contributed by atoms with Gasteiger partial charge in [-0.15, -0.1) is 0 Å². The molecular weight excluding hydrogens is 952 g/mol. The summed E-state index contributed by atoms with van der Waals surface area (Å²) in [6.45, 7) is 0.544. The molecule has 1 rings (SSSR count). The zero-order valence-electron chi connectivity index (χ0n) is 36.7. The summed E-state index contributed by atoms with van der Waals surface area (Å²) in [5.74, 6) is -0.537. The number of aliphatic hydroxyl groups excluding tert-OH is 2. The Morgan fingerprint density at radius 1 is 0.484 bits per heavy atom. The quantitative estimate of drug-likeness (QED) is 0.0137. The number of unbranched alkanes of at least 4 members (excludes halogenated alkanes) is 20. The minimum absolute atomic E-state index is 0.0317. The average molecular weight is 1030 g/mol. The molecule has 380 valence electrons. The third kappa shape index (κ3) is 30.9. The summed E-state index contributed by atoms with van der Waals surface area (Å²) >= 11 is 4.21. The van der Waals surface area contributed by atoms with Crippen LogP contribution in [0.2, 0.25) is 0 Å². The lowest BCUT2D eigenvalue weighted by molar-refractivity contribution is -0.209. The van der Waals surface area contributed by atoms with E-state index in [9.17, 15) is 72.3 Å². The number of hydrogen-bond donors (Lipinski definition) is 10. The number of phosphoric ester groups is 4. The maximum absolute atomic E-state index is 13.2. The minimum atomic E-state index is -5.78. The molecule has 4 unspecified atom stereocenters. The standard InChI is InChI=1S/C37H74O22P4S/c1-2-3-4-5-6-7-8-9-10-12-16-19-22-25-31(39)55-29(27-53-30(38)24-21-18-15-13-11-14-17-20-23-26-64)28-54-63(51,52)59-34-32(40)35(56-60(42,43)44)37(58-62(48,49)50)36(33(34)41)57-61(45,46)47/h29,32-37,40-41,64H,2-28H2,1H3,(H,51,52)(H2,42,43,44)(H2,45,46,47)(H2,48,49,50)/t29-,32-,33?,34?,35-,36+,37?/m1/s1. The van der Waals surface area contributed by atoms with Crippen molar-refractivity contribution >= 4 is 55.9 Å². The molecule has 0 saturated heterocycles. The van der Waals surface area contributed by atoms with Crippen LogP contribution in [0, 0.1) is 0 Å². The highest BCUT2D eigenvalue weighted by Crippen LogP contribution is 2.53. The highest BCUT2D eigenvalue weighted by Gasteiger charge is 2.59. The van der Waals surface area contributed by atoms with E-state index < -0.39 is 99.2 Å². The summed E-state index contributed by atoms with van der Waals surface area (Å²) in [7, 11) is -23.0. The van der Waals surface area contributed by atoms with E-state index in [0.717, 1.165) is 89.2 Å². The number of hydrogen-bond acceptors (Lipinski definition) is 16. The van der Waals surface area contributed by atoms with Crippen LogP contribution in [0.3, 0.4) is 0 Å².